The van der Waals surface area contributed by atoms with E-state index in [0.717, 1.165) is 6.42 Å². The zero-order valence-corrected chi connectivity index (χ0v) is 17.9. The molecule has 1 aromatic carbocycles. The van der Waals surface area contributed by atoms with Gasteiger partial charge in [0, 0.05) is 34.3 Å². The molecule has 0 bridgehead atoms. The van der Waals surface area contributed by atoms with Crippen molar-refractivity contribution in [3.63, 3.8) is 0 Å². The molecule has 3 aromatic rings. The molecule has 0 spiro atoms. The van der Waals surface area contributed by atoms with E-state index in [1.165, 1.54) is 29.7 Å². The molecule has 0 saturated carbocycles. The minimum absolute atomic E-state index is 0.111. The van der Waals surface area contributed by atoms with Crippen LogP contribution in [-0.4, -0.2) is 33.9 Å². The normalized spacial score (nSPS) is 20.8. The predicted molar refractivity (Wildman–Crippen MR) is 116 cm³/mol. The summed E-state index contributed by atoms with van der Waals surface area (Å²) in [6.45, 7) is 3.77. The SMILES string of the molecule is Cc1c(C#N)ccnc1O[C@@H]1CC[C@@H](C)NC1C(=O)c1cc(F)cc(-c2cscn2)c1. The van der Waals surface area contributed by atoms with E-state index >= 15 is 0 Å². The van der Waals surface area contributed by atoms with Crippen LogP contribution >= 0.6 is 11.3 Å². The van der Waals surface area contributed by atoms with E-state index in [1.807, 2.05) is 12.3 Å². The van der Waals surface area contributed by atoms with E-state index < -0.39 is 18.0 Å². The molecule has 0 radical (unpaired) electrons. The van der Waals surface area contributed by atoms with E-state index in [-0.39, 0.29) is 17.4 Å². The molecule has 158 valence electrons. The van der Waals surface area contributed by atoms with Crippen LogP contribution in [0.5, 0.6) is 5.88 Å². The fourth-order valence-electron chi connectivity index (χ4n) is 3.76. The lowest BCUT2D eigenvalue weighted by Gasteiger charge is -2.35. The first kappa shape index (κ1) is 21.1. The van der Waals surface area contributed by atoms with Gasteiger partial charge in [0.25, 0.3) is 0 Å². The van der Waals surface area contributed by atoms with E-state index in [2.05, 4.69) is 21.4 Å². The zero-order valence-electron chi connectivity index (χ0n) is 17.1. The Kier molecular flexibility index (Phi) is 6.07. The van der Waals surface area contributed by atoms with Crippen LogP contribution in [0.2, 0.25) is 0 Å². The Bertz CT molecular complexity index is 1140. The van der Waals surface area contributed by atoms with Gasteiger partial charge < -0.3 is 10.1 Å². The molecule has 6 nitrogen and oxygen atoms in total. The number of pyridine rings is 1. The van der Waals surface area contributed by atoms with Crippen molar-refractivity contribution in [2.75, 3.05) is 0 Å². The molecule has 1 aliphatic heterocycles. The maximum Gasteiger partial charge on any atom is 0.217 e. The molecular formula is C23H21FN4O2S. The maximum absolute atomic E-state index is 14.3. The third kappa shape index (κ3) is 4.48. The molecule has 1 aliphatic rings. The minimum atomic E-state index is -0.666. The molecule has 3 heterocycles. The van der Waals surface area contributed by atoms with Gasteiger partial charge >= 0.3 is 0 Å². The third-order valence-electron chi connectivity index (χ3n) is 5.45. The van der Waals surface area contributed by atoms with E-state index in [4.69, 9.17) is 4.74 Å². The quantitative estimate of drug-likeness (QED) is 0.600. The second-order valence-corrected chi connectivity index (χ2v) is 8.36. The Morgan fingerprint density at radius 3 is 2.90 bits per heavy atom. The van der Waals surface area contributed by atoms with Crippen molar-refractivity contribution in [2.24, 2.45) is 0 Å². The van der Waals surface area contributed by atoms with Crippen molar-refractivity contribution in [3.8, 4) is 23.2 Å². The fourth-order valence-corrected chi connectivity index (χ4v) is 4.33. The van der Waals surface area contributed by atoms with Crippen LogP contribution in [0.25, 0.3) is 11.3 Å². The molecule has 8 heteroatoms. The number of nitriles is 1. The summed E-state index contributed by atoms with van der Waals surface area (Å²) in [6, 6.07) is 7.47. The molecule has 2 aromatic heterocycles. The predicted octanol–water partition coefficient (Wildman–Crippen LogP) is 4.30. The average molecular weight is 437 g/mol. The first-order valence-corrected chi connectivity index (χ1v) is 10.9. The highest BCUT2D eigenvalue weighted by molar-refractivity contribution is 7.07. The summed E-state index contributed by atoms with van der Waals surface area (Å²) in [4.78, 5) is 21.9. The Morgan fingerprint density at radius 1 is 1.32 bits per heavy atom. The van der Waals surface area contributed by atoms with Crippen LogP contribution < -0.4 is 10.1 Å². The lowest BCUT2D eigenvalue weighted by molar-refractivity contribution is 0.0671. The van der Waals surface area contributed by atoms with Crippen molar-refractivity contribution in [1.82, 2.24) is 15.3 Å². The summed E-state index contributed by atoms with van der Waals surface area (Å²) in [5, 5.41) is 14.4. The standard InChI is InChI=1S/C23H21FN4O2S/c1-13-3-4-20(30-23-14(2)15(10-25)5-6-26-23)21(28-13)22(29)17-7-16(8-18(24)9-17)19-11-31-12-27-19/h5-9,11-13,20-21,28H,3-4H2,1-2H3/t13-,20-,21?/m1/s1. The third-order valence-corrected chi connectivity index (χ3v) is 6.04. The number of hydrogen-bond acceptors (Lipinski definition) is 7. The van der Waals surface area contributed by atoms with Crippen LogP contribution in [0.1, 0.15) is 41.3 Å². The lowest BCUT2D eigenvalue weighted by atomic mass is 9.90. The highest BCUT2D eigenvalue weighted by Gasteiger charge is 2.36. The summed E-state index contributed by atoms with van der Waals surface area (Å²) in [5.41, 5.74) is 4.23. The molecule has 1 unspecified atom stereocenters. The molecule has 31 heavy (non-hydrogen) atoms. The van der Waals surface area contributed by atoms with Gasteiger partial charge in [-0.25, -0.2) is 14.4 Å². The van der Waals surface area contributed by atoms with E-state index in [9.17, 15) is 14.4 Å². The maximum atomic E-state index is 14.3. The van der Waals surface area contributed by atoms with Crippen LogP contribution in [0.3, 0.4) is 0 Å². The largest absolute Gasteiger partial charge is 0.472 e. The number of carbonyl (C=O) groups excluding carboxylic acids is 1. The number of nitrogens with zero attached hydrogens (tertiary/aromatic N) is 3. The zero-order chi connectivity index (χ0) is 22.0. The van der Waals surface area contributed by atoms with Gasteiger partial charge in [0.05, 0.1) is 22.8 Å². The number of halogens is 1. The summed E-state index contributed by atoms with van der Waals surface area (Å²) >= 11 is 1.41. The topological polar surface area (TPSA) is 87.9 Å². The number of carbonyl (C=O) groups is 1. The summed E-state index contributed by atoms with van der Waals surface area (Å²) in [7, 11) is 0. The van der Waals surface area contributed by atoms with Gasteiger partial charge in [-0.1, -0.05) is 0 Å². The molecule has 0 aliphatic carbocycles. The molecule has 1 N–H and O–H groups in total. The van der Waals surface area contributed by atoms with Crippen LogP contribution in [-0.2, 0) is 0 Å². The van der Waals surface area contributed by atoms with Gasteiger partial charge in [-0.2, -0.15) is 5.26 Å². The number of Topliss-reactive ketones (excluding diaryl/α,β-unsaturated/α-hetero) is 1. The van der Waals surface area contributed by atoms with Gasteiger partial charge in [0.2, 0.25) is 5.88 Å². The van der Waals surface area contributed by atoms with Gasteiger partial charge in [-0.3, -0.25) is 4.79 Å². The molecular weight excluding hydrogens is 415 g/mol. The number of hydrogen-bond donors (Lipinski definition) is 1. The number of nitrogens with one attached hydrogen (secondary N) is 1. The fraction of sp³-hybridized carbons (Fsp3) is 0.304. The van der Waals surface area contributed by atoms with Gasteiger partial charge in [0.15, 0.2) is 5.78 Å². The second kappa shape index (κ2) is 8.92. The monoisotopic (exact) mass is 436 g/mol. The molecule has 4 rings (SSSR count). The first-order chi connectivity index (χ1) is 15.0. The van der Waals surface area contributed by atoms with Crippen LogP contribution in [0, 0.1) is 24.1 Å². The van der Waals surface area contributed by atoms with Gasteiger partial charge in [0.1, 0.15) is 18.0 Å². The second-order valence-electron chi connectivity index (χ2n) is 7.65. The van der Waals surface area contributed by atoms with Crippen LogP contribution in [0.4, 0.5) is 4.39 Å². The summed E-state index contributed by atoms with van der Waals surface area (Å²) < 4.78 is 20.5. The molecule has 1 saturated heterocycles. The molecule has 3 atom stereocenters. The first-order valence-electron chi connectivity index (χ1n) is 9.98. The van der Waals surface area contributed by atoms with Gasteiger partial charge in [-0.05, 0) is 51.0 Å². The number of aromatic nitrogens is 2. The summed E-state index contributed by atoms with van der Waals surface area (Å²) in [5.74, 6) is -0.406. The average Bonchev–Trinajstić information content (AvgIpc) is 3.30. The minimum Gasteiger partial charge on any atom is -0.472 e. The number of ether oxygens (including phenoxy) is 1. The Morgan fingerprint density at radius 2 is 2.16 bits per heavy atom. The van der Waals surface area contributed by atoms with Gasteiger partial charge in [-0.15, -0.1) is 11.3 Å². The smallest absolute Gasteiger partial charge is 0.217 e. The van der Waals surface area contributed by atoms with E-state index in [0.29, 0.717) is 34.7 Å². The number of benzene rings is 1. The van der Waals surface area contributed by atoms with Crippen LogP contribution in [0.15, 0.2) is 41.4 Å². The number of thiazole rings is 1. The molecule has 1 fully saturated rings. The van der Waals surface area contributed by atoms with Crippen molar-refractivity contribution in [3.05, 3.63) is 63.9 Å². The molecule has 0 amide bonds. The number of ketones is 1. The highest BCUT2D eigenvalue weighted by Crippen LogP contribution is 2.27. The Labute approximate surface area is 183 Å². The highest BCUT2D eigenvalue weighted by atomic mass is 32.1. The van der Waals surface area contributed by atoms with E-state index in [1.54, 1.807) is 24.6 Å². The number of piperidine rings is 1. The summed E-state index contributed by atoms with van der Waals surface area (Å²) in [6.07, 6.45) is 2.48. The Hall–Kier alpha value is -3.15. The van der Waals surface area contributed by atoms with Crippen molar-refractivity contribution < 1.29 is 13.9 Å². The Balaban J connectivity index is 1.64. The lowest BCUT2D eigenvalue weighted by Crippen LogP contribution is -2.55. The van der Waals surface area contributed by atoms with Crippen molar-refractivity contribution >= 4 is 17.1 Å². The van der Waals surface area contributed by atoms with Crippen molar-refractivity contribution in [2.45, 2.75) is 44.9 Å². The number of rotatable bonds is 5. The van der Waals surface area contributed by atoms with Crippen molar-refractivity contribution in [1.29, 1.82) is 5.26 Å².